The van der Waals surface area contributed by atoms with E-state index >= 15 is 0 Å². The predicted octanol–water partition coefficient (Wildman–Crippen LogP) is 3.17. The summed E-state index contributed by atoms with van der Waals surface area (Å²) in [5.41, 5.74) is 7.90. The Labute approximate surface area is 110 Å². The van der Waals surface area contributed by atoms with Gasteiger partial charge in [-0.15, -0.1) is 0 Å². The molecule has 4 nitrogen and oxygen atoms in total. The van der Waals surface area contributed by atoms with Gasteiger partial charge in [-0.25, -0.2) is 4.68 Å². The topological polar surface area (TPSA) is 55.9 Å². The summed E-state index contributed by atoms with van der Waals surface area (Å²) in [6, 6.07) is 0.558. The monoisotopic (exact) mass is 250 g/mol. The van der Waals surface area contributed by atoms with Crippen LogP contribution in [-0.4, -0.2) is 15.8 Å². The van der Waals surface area contributed by atoms with E-state index in [2.05, 4.69) is 24.3 Å². The highest BCUT2D eigenvalue weighted by Gasteiger charge is 2.21. The molecular weight excluding hydrogens is 224 g/mol. The van der Waals surface area contributed by atoms with Crippen molar-refractivity contribution in [1.29, 1.82) is 0 Å². The highest BCUT2D eigenvalue weighted by atomic mass is 15.3. The lowest BCUT2D eigenvalue weighted by molar-refractivity contribution is 0.357. The number of nitrogens with zero attached hydrogens (tertiary/aromatic N) is 2. The number of aryl methyl sites for hydroxylation is 2. The fourth-order valence-electron chi connectivity index (χ4n) is 2.88. The summed E-state index contributed by atoms with van der Waals surface area (Å²) >= 11 is 0. The third kappa shape index (κ3) is 2.79. The number of aromatic nitrogens is 2. The van der Waals surface area contributed by atoms with Crippen LogP contribution in [0.3, 0.4) is 0 Å². The maximum absolute atomic E-state index is 6.14. The minimum atomic E-state index is 0.558. The molecule has 1 aliphatic carbocycles. The van der Waals surface area contributed by atoms with Gasteiger partial charge in [0, 0.05) is 12.6 Å². The number of hydrogen-bond donors (Lipinski definition) is 2. The van der Waals surface area contributed by atoms with E-state index in [0.717, 1.165) is 36.1 Å². The first kappa shape index (κ1) is 13.2. The predicted molar refractivity (Wildman–Crippen MR) is 76.7 cm³/mol. The average molecular weight is 250 g/mol. The zero-order valence-electron chi connectivity index (χ0n) is 11.9. The molecule has 0 spiro atoms. The second-order valence-electron chi connectivity index (χ2n) is 5.68. The number of nitrogens with one attached hydrogen (secondary N) is 1. The van der Waals surface area contributed by atoms with Gasteiger partial charge in [0.1, 0.15) is 5.82 Å². The Balaban J connectivity index is 2.11. The second kappa shape index (κ2) is 5.63. The van der Waals surface area contributed by atoms with Gasteiger partial charge < -0.3 is 11.1 Å². The summed E-state index contributed by atoms with van der Waals surface area (Å²) in [7, 11) is 0. The van der Waals surface area contributed by atoms with Crippen LogP contribution in [0.1, 0.15) is 51.6 Å². The maximum Gasteiger partial charge on any atom is 0.148 e. The minimum absolute atomic E-state index is 0.558. The maximum atomic E-state index is 6.14. The molecule has 0 amide bonds. The first-order valence-electron chi connectivity index (χ1n) is 7.21. The Morgan fingerprint density at radius 2 is 2.22 bits per heavy atom. The number of nitrogen functional groups attached to an aromatic ring is 1. The van der Waals surface area contributed by atoms with Crippen LogP contribution in [0.25, 0.3) is 0 Å². The van der Waals surface area contributed by atoms with Crippen LogP contribution < -0.4 is 11.1 Å². The quantitative estimate of drug-likeness (QED) is 0.863. The van der Waals surface area contributed by atoms with Crippen molar-refractivity contribution >= 4 is 11.5 Å². The van der Waals surface area contributed by atoms with Crippen molar-refractivity contribution in [3.8, 4) is 0 Å². The number of nitrogens with two attached hydrogens (primary N) is 1. The van der Waals surface area contributed by atoms with Crippen molar-refractivity contribution in [2.45, 2.75) is 65.5 Å². The zero-order chi connectivity index (χ0) is 13.1. The number of hydrogen-bond acceptors (Lipinski definition) is 3. The summed E-state index contributed by atoms with van der Waals surface area (Å²) in [6.45, 7) is 7.42. The Bertz CT molecular complexity index is 397. The normalized spacial score (nSPS) is 24.2. The highest BCUT2D eigenvalue weighted by Crippen LogP contribution is 2.29. The lowest BCUT2D eigenvalue weighted by Gasteiger charge is -2.28. The van der Waals surface area contributed by atoms with Crippen LogP contribution >= 0.6 is 0 Å². The van der Waals surface area contributed by atoms with Gasteiger partial charge in [-0.3, -0.25) is 0 Å². The van der Waals surface area contributed by atoms with E-state index in [1.807, 2.05) is 11.6 Å². The van der Waals surface area contributed by atoms with Crippen LogP contribution in [0.4, 0.5) is 11.5 Å². The van der Waals surface area contributed by atoms with Gasteiger partial charge in [-0.05, 0) is 32.1 Å². The molecule has 1 fully saturated rings. The molecule has 0 bridgehead atoms. The molecule has 2 unspecified atom stereocenters. The molecule has 1 heterocycles. The number of anilines is 2. The molecule has 0 radical (unpaired) electrons. The van der Waals surface area contributed by atoms with Crippen molar-refractivity contribution < 1.29 is 0 Å². The third-order valence-corrected chi connectivity index (χ3v) is 3.89. The lowest BCUT2D eigenvalue weighted by Crippen LogP contribution is -2.27. The molecule has 0 aromatic carbocycles. The summed E-state index contributed by atoms with van der Waals surface area (Å²) in [5, 5.41) is 8.14. The fourth-order valence-corrected chi connectivity index (χ4v) is 2.88. The molecule has 1 aromatic heterocycles. The Hall–Kier alpha value is -1.19. The van der Waals surface area contributed by atoms with E-state index in [9.17, 15) is 0 Å². The molecule has 0 saturated heterocycles. The van der Waals surface area contributed by atoms with Crippen LogP contribution in [0.5, 0.6) is 0 Å². The molecule has 1 aliphatic rings. The summed E-state index contributed by atoms with van der Waals surface area (Å²) in [4.78, 5) is 0. The standard InChI is InChI=1S/C14H26N4/c1-4-8-18-14(13(15)11(3)17-18)16-12-7-5-6-10(2)9-12/h10,12,16H,4-9,15H2,1-3H3. The lowest BCUT2D eigenvalue weighted by atomic mass is 9.87. The SMILES string of the molecule is CCCn1nc(C)c(N)c1NC1CCCC(C)C1. The van der Waals surface area contributed by atoms with Gasteiger partial charge in [0.15, 0.2) is 0 Å². The Morgan fingerprint density at radius 3 is 2.89 bits per heavy atom. The van der Waals surface area contributed by atoms with Gasteiger partial charge in [-0.2, -0.15) is 5.10 Å². The van der Waals surface area contributed by atoms with E-state index in [0.29, 0.717) is 6.04 Å². The molecule has 1 aromatic rings. The van der Waals surface area contributed by atoms with E-state index in [-0.39, 0.29) is 0 Å². The third-order valence-electron chi connectivity index (χ3n) is 3.89. The van der Waals surface area contributed by atoms with Gasteiger partial charge in [0.2, 0.25) is 0 Å². The van der Waals surface area contributed by atoms with Gasteiger partial charge in [0.25, 0.3) is 0 Å². The molecular formula is C14H26N4. The second-order valence-corrected chi connectivity index (χ2v) is 5.68. The van der Waals surface area contributed by atoms with E-state index in [1.54, 1.807) is 0 Å². The van der Waals surface area contributed by atoms with Crippen LogP contribution in [0, 0.1) is 12.8 Å². The van der Waals surface area contributed by atoms with Gasteiger partial charge in [0.05, 0.1) is 11.4 Å². The molecule has 102 valence electrons. The molecule has 18 heavy (non-hydrogen) atoms. The first-order valence-corrected chi connectivity index (χ1v) is 7.21. The summed E-state index contributed by atoms with van der Waals surface area (Å²) in [5.74, 6) is 1.86. The van der Waals surface area contributed by atoms with Crippen molar-refractivity contribution in [3.05, 3.63) is 5.69 Å². The first-order chi connectivity index (χ1) is 8.61. The van der Waals surface area contributed by atoms with Crippen molar-refractivity contribution in [1.82, 2.24) is 9.78 Å². The largest absolute Gasteiger partial charge is 0.394 e. The zero-order valence-corrected chi connectivity index (χ0v) is 11.9. The molecule has 4 heteroatoms. The average Bonchev–Trinajstić information content (AvgIpc) is 2.58. The van der Waals surface area contributed by atoms with Crippen molar-refractivity contribution in [3.63, 3.8) is 0 Å². The Kier molecular flexibility index (Phi) is 4.15. The molecule has 1 saturated carbocycles. The smallest absolute Gasteiger partial charge is 0.148 e. The van der Waals surface area contributed by atoms with Gasteiger partial charge >= 0.3 is 0 Å². The highest BCUT2D eigenvalue weighted by molar-refractivity contribution is 5.65. The van der Waals surface area contributed by atoms with E-state index in [1.165, 1.54) is 25.7 Å². The molecule has 2 rings (SSSR count). The summed E-state index contributed by atoms with van der Waals surface area (Å²) < 4.78 is 2.03. The summed E-state index contributed by atoms with van der Waals surface area (Å²) in [6.07, 6.45) is 6.26. The van der Waals surface area contributed by atoms with Crippen molar-refractivity contribution in [2.75, 3.05) is 11.1 Å². The molecule has 0 aliphatic heterocycles. The minimum Gasteiger partial charge on any atom is -0.394 e. The van der Waals surface area contributed by atoms with Crippen molar-refractivity contribution in [2.24, 2.45) is 5.92 Å². The van der Waals surface area contributed by atoms with Crippen LogP contribution in [0.2, 0.25) is 0 Å². The molecule has 3 N–H and O–H groups in total. The van der Waals surface area contributed by atoms with E-state index in [4.69, 9.17) is 5.73 Å². The fraction of sp³-hybridized carbons (Fsp3) is 0.786. The van der Waals surface area contributed by atoms with Gasteiger partial charge in [-0.1, -0.05) is 26.7 Å². The van der Waals surface area contributed by atoms with Crippen LogP contribution in [-0.2, 0) is 6.54 Å². The molecule has 2 atom stereocenters. The Morgan fingerprint density at radius 1 is 1.44 bits per heavy atom. The number of rotatable bonds is 4. The van der Waals surface area contributed by atoms with E-state index < -0.39 is 0 Å². The van der Waals surface area contributed by atoms with Crippen LogP contribution in [0.15, 0.2) is 0 Å².